The molecule has 0 bridgehead atoms. The van der Waals surface area contributed by atoms with Crippen molar-refractivity contribution in [3.63, 3.8) is 0 Å². The average Bonchev–Trinajstić information content (AvgIpc) is 1.69. The topological polar surface area (TPSA) is 49.7 Å². The van der Waals surface area contributed by atoms with Gasteiger partial charge >= 0.3 is 0 Å². The zero-order chi connectivity index (χ0) is 5.54. The van der Waals surface area contributed by atoms with Crippen molar-refractivity contribution in [2.75, 3.05) is 6.61 Å². The Morgan fingerprint density at radius 3 is 3.00 bits per heavy atom. The van der Waals surface area contributed by atoms with Gasteiger partial charge in [-0.15, -0.1) is 0 Å². The minimum absolute atomic E-state index is 0.0921. The SMILES string of the molecule is O=C=NC=CCO. The third kappa shape index (κ3) is 5.08. The standard InChI is InChI=1S/C4H5NO2/c6-3-1-2-5-4-7/h1-2,6H,3H2. The van der Waals surface area contributed by atoms with Crippen LogP contribution in [0.3, 0.4) is 0 Å². The van der Waals surface area contributed by atoms with Gasteiger partial charge in [0.1, 0.15) is 0 Å². The summed E-state index contributed by atoms with van der Waals surface area (Å²) in [7, 11) is 0. The fourth-order valence-corrected chi connectivity index (χ4v) is 0.130. The van der Waals surface area contributed by atoms with Gasteiger partial charge in [0.25, 0.3) is 0 Å². The summed E-state index contributed by atoms with van der Waals surface area (Å²) in [5, 5.41) is 8.02. The zero-order valence-corrected chi connectivity index (χ0v) is 3.66. The molecule has 0 heterocycles. The van der Waals surface area contributed by atoms with Gasteiger partial charge in [-0.05, 0) is 6.08 Å². The van der Waals surface area contributed by atoms with Gasteiger partial charge in [-0.3, -0.25) is 0 Å². The smallest absolute Gasteiger partial charge is 0.239 e. The third-order valence-electron chi connectivity index (χ3n) is 0.338. The molecular weight excluding hydrogens is 94.0 g/mol. The summed E-state index contributed by atoms with van der Waals surface area (Å²) in [6, 6.07) is 0. The minimum Gasteiger partial charge on any atom is -0.392 e. The second-order valence-electron chi connectivity index (χ2n) is 0.788. The number of aliphatic imine (C=N–C) groups is 1. The van der Waals surface area contributed by atoms with Crippen molar-refractivity contribution in [2.45, 2.75) is 0 Å². The summed E-state index contributed by atoms with van der Waals surface area (Å²) in [5.41, 5.74) is 0. The summed E-state index contributed by atoms with van der Waals surface area (Å²) in [4.78, 5) is 12.3. The first-order valence-corrected chi connectivity index (χ1v) is 1.74. The van der Waals surface area contributed by atoms with Gasteiger partial charge in [0, 0.05) is 6.20 Å². The van der Waals surface area contributed by atoms with Gasteiger partial charge in [0.05, 0.1) is 6.61 Å². The van der Waals surface area contributed by atoms with Crippen LogP contribution in [-0.4, -0.2) is 17.8 Å². The molecule has 3 heteroatoms. The molecule has 0 radical (unpaired) electrons. The minimum atomic E-state index is -0.0921. The molecular formula is C4H5NO2. The van der Waals surface area contributed by atoms with Crippen molar-refractivity contribution in [1.82, 2.24) is 0 Å². The van der Waals surface area contributed by atoms with E-state index >= 15 is 0 Å². The molecule has 0 aromatic heterocycles. The predicted octanol–water partition coefficient (Wildman–Crippen LogP) is -0.172. The molecule has 0 aliphatic heterocycles. The Morgan fingerprint density at radius 2 is 2.57 bits per heavy atom. The van der Waals surface area contributed by atoms with E-state index in [1.54, 1.807) is 0 Å². The first-order valence-electron chi connectivity index (χ1n) is 1.74. The van der Waals surface area contributed by atoms with Crippen LogP contribution in [0.5, 0.6) is 0 Å². The highest BCUT2D eigenvalue weighted by molar-refractivity contribution is 5.34. The summed E-state index contributed by atoms with van der Waals surface area (Å²) in [6.45, 7) is -0.0921. The van der Waals surface area contributed by atoms with Crippen molar-refractivity contribution >= 4 is 6.08 Å². The second-order valence-corrected chi connectivity index (χ2v) is 0.788. The monoisotopic (exact) mass is 99.0 g/mol. The Hall–Kier alpha value is -0.920. The molecule has 0 saturated carbocycles. The second kappa shape index (κ2) is 5.08. The molecule has 3 nitrogen and oxygen atoms in total. The van der Waals surface area contributed by atoms with E-state index in [0.29, 0.717) is 0 Å². The van der Waals surface area contributed by atoms with Gasteiger partial charge in [-0.1, -0.05) is 0 Å². The highest BCUT2D eigenvalue weighted by Gasteiger charge is 1.59. The van der Waals surface area contributed by atoms with Crippen LogP contribution in [-0.2, 0) is 4.79 Å². The lowest BCUT2D eigenvalue weighted by Gasteiger charge is -1.67. The Morgan fingerprint density at radius 1 is 1.86 bits per heavy atom. The highest BCUT2D eigenvalue weighted by atomic mass is 16.2. The summed E-state index contributed by atoms with van der Waals surface area (Å²) >= 11 is 0. The van der Waals surface area contributed by atoms with Crippen LogP contribution in [0.15, 0.2) is 17.3 Å². The lowest BCUT2D eigenvalue weighted by molar-refractivity contribution is 0.342. The van der Waals surface area contributed by atoms with Gasteiger partial charge in [-0.25, -0.2) is 4.79 Å². The maximum absolute atomic E-state index is 9.26. The molecule has 38 valence electrons. The van der Waals surface area contributed by atoms with Gasteiger partial charge in [-0.2, -0.15) is 4.99 Å². The Bertz CT molecular complexity index is 102. The number of isocyanates is 1. The molecule has 0 saturated heterocycles. The number of hydrogen-bond acceptors (Lipinski definition) is 3. The van der Waals surface area contributed by atoms with Gasteiger partial charge in [0.2, 0.25) is 6.08 Å². The molecule has 0 aromatic rings. The van der Waals surface area contributed by atoms with E-state index in [4.69, 9.17) is 5.11 Å². The summed E-state index contributed by atoms with van der Waals surface area (Å²) in [6.07, 6.45) is 3.81. The number of aliphatic hydroxyl groups excluding tert-OH is 1. The lowest BCUT2D eigenvalue weighted by atomic mass is 10.7. The van der Waals surface area contributed by atoms with Crippen molar-refractivity contribution in [3.05, 3.63) is 12.3 Å². The van der Waals surface area contributed by atoms with Crippen LogP contribution < -0.4 is 0 Å². The van der Waals surface area contributed by atoms with Crippen LogP contribution in [0.2, 0.25) is 0 Å². The zero-order valence-electron chi connectivity index (χ0n) is 3.66. The summed E-state index contributed by atoms with van der Waals surface area (Å²) in [5.74, 6) is 0. The van der Waals surface area contributed by atoms with E-state index < -0.39 is 0 Å². The van der Waals surface area contributed by atoms with Crippen LogP contribution in [0, 0.1) is 0 Å². The van der Waals surface area contributed by atoms with E-state index in [9.17, 15) is 4.79 Å². The molecule has 0 aliphatic carbocycles. The molecule has 0 amide bonds. The molecule has 0 aromatic carbocycles. The van der Waals surface area contributed by atoms with Crippen LogP contribution in [0.1, 0.15) is 0 Å². The van der Waals surface area contributed by atoms with E-state index in [1.165, 1.54) is 18.4 Å². The van der Waals surface area contributed by atoms with Crippen molar-refractivity contribution < 1.29 is 9.90 Å². The first-order chi connectivity index (χ1) is 3.41. The van der Waals surface area contributed by atoms with Crippen LogP contribution >= 0.6 is 0 Å². The number of aliphatic hydroxyl groups is 1. The number of nitrogens with zero attached hydrogens (tertiary/aromatic N) is 1. The lowest BCUT2D eigenvalue weighted by Crippen LogP contribution is -1.66. The van der Waals surface area contributed by atoms with E-state index in [-0.39, 0.29) is 6.61 Å². The maximum atomic E-state index is 9.26. The summed E-state index contributed by atoms with van der Waals surface area (Å²) < 4.78 is 0. The quantitative estimate of drug-likeness (QED) is 0.386. The Balaban J connectivity index is 3.27. The number of rotatable bonds is 2. The molecule has 0 atom stereocenters. The van der Waals surface area contributed by atoms with E-state index in [1.807, 2.05) is 0 Å². The molecule has 0 unspecified atom stereocenters. The Labute approximate surface area is 41.0 Å². The molecule has 0 aliphatic rings. The third-order valence-corrected chi connectivity index (χ3v) is 0.338. The van der Waals surface area contributed by atoms with Crippen LogP contribution in [0.25, 0.3) is 0 Å². The molecule has 0 spiro atoms. The highest BCUT2D eigenvalue weighted by Crippen LogP contribution is 1.66. The normalized spacial score (nSPS) is 8.71. The fraction of sp³-hybridized carbons (Fsp3) is 0.250. The van der Waals surface area contributed by atoms with Crippen molar-refractivity contribution in [3.8, 4) is 0 Å². The molecule has 0 rings (SSSR count). The first kappa shape index (κ1) is 6.08. The van der Waals surface area contributed by atoms with Gasteiger partial charge < -0.3 is 5.11 Å². The largest absolute Gasteiger partial charge is 0.392 e. The molecule has 7 heavy (non-hydrogen) atoms. The van der Waals surface area contributed by atoms with Crippen LogP contribution in [0.4, 0.5) is 0 Å². The molecule has 1 N–H and O–H groups in total. The van der Waals surface area contributed by atoms with Crippen molar-refractivity contribution in [2.24, 2.45) is 4.99 Å². The molecule has 0 fully saturated rings. The fourth-order valence-electron chi connectivity index (χ4n) is 0.130. The van der Waals surface area contributed by atoms with E-state index in [0.717, 1.165) is 0 Å². The average molecular weight is 99.1 g/mol. The van der Waals surface area contributed by atoms with Gasteiger partial charge in [0.15, 0.2) is 0 Å². The Kier molecular flexibility index (Phi) is 4.41. The predicted molar refractivity (Wildman–Crippen MR) is 24.3 cm³/mol. The van der Waals surface area contributed by atoms with E-state index in [2.05, 4.69) is 4.99 Å². The maximum Gasteiger partial charge on any atom is 0.239 e. The number of carbonyl (C=O) groups excluding carboxylic acids is 1. The van der Waals surface area contributed by atoms with Crippen molar-refractivity contribution in [1.29, 1.82) is 0 Å². The number of hydrogen-bond donors (Lipinski definition) is 1.